The molecule has 6 heteroatoms. The van der Waals surface area contributed by atoms with Crippen LogP contribution in [0, 0.1) is 0 Å². The molecular formula is C8H12N4O2. The van der Waals surface area contributed by atoms with Crippen molar-refractivity contribution in [1.82, 2.24) is 20.5 Å². The fourth-order valence-electron chi connectivity index (χ4n) is 1.39. The van der Waals surface area contributed by atoms with Crippen molar-refractivity contribution in [3.63, 3.8) is 0 Å². The summed E-state index contributed by atoms with van der Waals surface area (Å²) in [5, 5.41) is 9.07. The van der Waals surface area contributed by atoms with Gasteiger partial charge in [0.15, 0.2) is 0 Å². The summed E-state index contributed by atoms with van der Waals surface area (Å²) in [5.41, 5.74) is 0. The Bertz CT molecular complexity index is 292. The first-order chi connectivity index (χ1) is 6.86. The van der Waals surface area contributed by atoms with Gasteiger partial charge < -0.3 is 10.1 Å². The van der Waals surface area contributed by atoms with E-state index in [4.69, 9.17) is 4.74 Å². The van der Waals surface area contributed by atoms with Gasteiger partial charge in [0.1, 0.15) is 18.3 Å². The highest BCUT2D eigenvalue weighted by Gasteiger charge is 2.23. The number of H-pyrrole nitrogens is 1. The zero-order valence-corrected chi connectivity index (χ0v) is 7.69. The van der Waals surface area contributed by atoms with Crippen LogP contribution in [0.4, 0.5) is 0 Å². The molecule has 0 saturated carbocycles. The van der Waals surface area contributed by atoms with Crippen LogP contribution >= 0.6 is 0 Å². The molecule has 0 spiro atoms. The summed E-state index contributed by atoms with van der Waals surface area (Å²) in [6.45, 7) is 1.05. The molecule has 1 fully saturated rings. The summed E-state index contributed by atoms with van der Waals surface area (Å²) in [6, 6.07) is 0. The maximum atomic E-state index is 11.4. The van der Waals surface area contributed by atoms with Crippen molar-refractivity contribution in [2.24, 2.45) is 0 Å². The number of aromatic nitrogens is 3. The Kier molecular flexibility index (Phi) is 2.73. The second-order valence-electron chi connectivity index (χ2n) is 3.15. The first-order valence-corrected chi connectivity index (χ1v) is 4.60. The molecule has 1 aromatic rings. The number of ether oxygens (including phenoxy) is 1. The van der Waals surface area contributed by atoms with Crippen molar-refractivity contribution in [3.05, 3.63) is 12.2 Å². The standard InChI is InChI=1S/C8H12N4O2/c13-8(6-2-1-3-14-6)9-4-7-10-5-11-12-7/h5-6H,1-4H2,(H,9,13)(H,10,11,12)/t6-/m1/s1. The number of amides is 1. The summed E-state index contributed by atoms with van der Waals surface area (Å²) in [6.07, 6.45) is 2.90. The molecule has 2 rings (SSSR count). The quantitative estimate of drug-likeness (QED) is 0.689. The number of hydrogen-bond donors (Lipinski definition) is 2. The molecule has 0 aromatic carbocycles. The number of nitrogens with one attached hydrogen (secondary N) is 2. The number of hydrogen-bond acceptors (Lipinski definition) is 4. The third-order valence-electron chi connectivity index (χ3n) is 2.12. The lowest BCUT2D eigenvalue weighted by atomic mass is 10.2. The highest BCUT2D eigenvalue weighted by Crippen LogP contribution is 2.11. The fraction of sp³-hybridized carbons (Fsp3) is 0.625. The van der Waals surface area contributed by atoms with E-state index in [9.17, 15) is 4.79 Å². The Hall–Kier alpha value is -1.43. The topological polar surface area (TPSA) is 79.9 Å². The monoisotopic (exact) mass is 196 g/mol. The Morgan fingerprint density at radius 2 is 2.71 bits per heavy atom. The maximum absolute atomic E-state index is 11.4. The van der Waals surface area contributed by atoms with E-state index in [1.807, 2.05) is 0 Å². The van der Waals surface area contributed by atoms with Crippen molar-refractivity contribution in [2.45, 2.75) is 25.5 Å². The molecule has 1 aromatic heterocycles. The highest BCUT2D eigenvalue weighted by atomic mass is 16.5. The third kappa shape index (κ3) is 2.08. The number of aromatic amines is 1. The maximum Gasteiger partial charge on any atom is 0.249 e. The van der Waals surface area contributed by atoms with E-state index in [1.165, 1.54) is 6.33 Å². The minimum absolute atomic E-state index is 0.0705. The van der Waals surface area contributed by atoms with Crippen LogP contribution in [0.15, 0.2) is 6.33 Å². The van der Waals surface area contributed by atoms with Crippen LogP contribution in [0.3, 0.4) is 0 Å². The molecule has 1 amide bonds. The van der Waals surface area contributed by atoms with Gasteiger partial charge in [0, 0.05) is 6.61 Å². The van der Waals surface area contributed by atoms with Crippen LogP contribution < -0.4 is 5.32 Å². The summed E-state index contributed by atoms with van der Waals surface area (Å²) in [4.78, 5) is 15.3. The van der Waals surface area contributed by atoms with Gasteiger partial charge in [0.05, 0.1) is 6.54 Å². The minimum Gasteiger partial charge on any atom is -0.368 e. The minimum atomic E-state index is -0.280. The van der Waals surface area contributed by atoms with Gasteiger partial charge in [-0.25, -0.2) is 4.98 Å². The number of nitrogens with zero attached hydrogens (tertiary/aromatic N) is 2. The van der Waals surface area contributed by atoms with Crippen LogP contribution in [0.1, 0.15) is 18.7 Å². The SMILES string of the molecule is O=C(NCc1ncn[nH]1)[C@H]1CCCO1. The van der Waals surface area contributed by atoms with Gasteiger partial charge in [-0.1, -0.05) is 0 Å². The second kappa shape index (κ2) is 4.19. The van der Waals surface area contributed by atoms with E-state index >= 15 is 0 Å². The van der Waals surface area contributed by atoms with Crippen molar-refractivity contribution < 1.29 is 9.53 Å². The molecule has 2 heterocycles. The van der Waals surface area contributed by atoms with Gasteiger partial charge >= 0.3 is 0 Å². The van der Waals surface area contributed by atoms with Gasteiger partial charge in [-0.3, -0.25) is 9.89 Å². The van der Waals surface area contributed by atoms with E-state index < -0.39 is 0 Å². The van der Waals surface area contributed by atoms with Crippen LogP contribution in [0.5, 0.6) is 0 Å². The molecule has 0 bridgehead atoms. The largest absolute Gasteiger partial charge is 0.368 e. The summed E-state index contributed by atoms with van der Waals surface area (Å²) in [5.74, 6) is 0.579. The lowest BCUT2D eigenvalue weighted by Gasteiger charge is -2.08. The van der Waals surface area contributed by atoms with Gasteiger partial charge in [-0.05, 0) is 12.8 Å². The molecule has 1 saturated heterocycles. The molecule has 2 N–H and O–H groups in total. The molecule has 14 heavy (non-hydrogen) atoms. The Morgan fingerprint density at radius 3 is 3.36 bits per heavy atom. The molecule has 76 valence electrons. The molecule has 0 aliphatic carbocycles. The third-order valence-corrected chi connectivity index (χ3v) is 2.12. The lowest BCUT2D eigenvalue weighted by molar-refractivity contribution is -0.130. The number of carbonyl (C=O) groups excluding carboxylic acids is 1. The predicted octanol–water partition coefficient (Wildman–Crippen LogP) is -0.400. The summed E-state index contributed by atoms with van der Waals surface area (Å²) >= 11 is 0. The summed E-state index contributed by atoms with van der Waals surface area (Å²) < 4.78 is 5.23. The average molecular weight is 196 g/mol. The van der Waals surface area contributed by atoms with Crippen molar-refractivity contribution in [3.8, 4) is 0 Å². The van der Waals surface area contributed by atoms with Gasteiger partial charge in [0.25, 0.3) is 0 Å². The van der Waals surface area contributed by atoms with Crippen LogP contribution in [-0.4, -0.2) is 33.8 Å². The Morgan fingerprint density at radius 1 is 1.79 bits per heavy atom. The average Bonchev–Trinajstić information content (AvgIpc) is 2.87. The molecule has 1 aliphatic heterocycles. The lowest BCUT2D eigenvalue weighted by Crippen LogP contribution is -2.33. The molecule has 6 nitrogen and oxygen atoms in total. The van der Waals surface area contributed by atoms with Gasteiger partial charge in [0.2, 0.25) is 5.91 Å². The molecule has 1 atom stereocenters. The normalized spacial score (nSPS) is 21.0. The van der Waals surface area contributed by atoms with E-state index in [0.29, 0.717) is 19.0 Å². The van der Waals surface area contributed by atoms with E-state index in [0.717, 1.165) is 12.8 Å². The van der Waals surface area contributed by atoms with Crippen molar-refractivity contribution in [1.29, 1.82) is 0 Å². The van der Waals surface area contributed by atoms with Crippen LogP contribution in [-0.2, 0) is 16.1 Å². The van der Waals surface area contributed by atoms with Crippen molar-refractivity contribution >= 4 is 5.91 Å². The molecule has 0 radical (unpaired) electrons. The van der Waals surface area contributed by atoms with E-state index in [1.54, 1.807) is 0 Å². The van der Waals surface area contributed by atoms with E-state index in [-0.39, 0.29) is 12.0 Å². The first-order valence-electron chi connectivity index (χ1n) is 4.60. The first kappa shape index (κ1) is 9.14. The molecule has 0 unspecified atom stereocenters. The molecular weight excluding hydrogens is 184 g/mol. The van der Waals surface area contributed by atoms with Gasteiger partial charge in [-0.15, -0.1) is 0 Å². The predicted molar refractivity (Wildman–Crippen MR) is 47.2 cm³/mol. The van der Waals surface area contributed by atoms with E-state index in [2.05, 4.69) is 20.5 Å². The smallest absolute Gasteiger partial charge is 0.249 e. The Labute approximate surface area is 81.1 Å². The number of rotatable bonds is 3. The Balaban J connectivity index is 1.77. The van der Waals surface area contributed by atoms with Crippen LogP contribution in [0.25, 0.3) is 0 Å². The number of carbonyl (C=O) groups is 1. The summed E-state index contributed by atoms with van der Waals surface area (Å²) in [7, 11) is 0. The fourth-order valence-corrected chi connectivity index (χ4v) is 1.39. The van der Waals surface area contributed by atoms with Gasteiger partial charge in [-0.2, -0.15) is 5.10 Å². The molecule has 1 aliphatic rings. The van der Waals surface area contributed by atoms with Crippen molar-refractivity contribution in [2.75, 3.05) is 6.61 Å². The zero-order chi connectivity index (χ0) is 9.80. The zero-order valence-electron chi connectivity index (χ0n) is 7.69. The highest BCUT2D eigenvalue weighted by molar-refractivity contribution is 5.80. The van der Waals surface area contributed by atoms with Crippen LogP contribution in [0.2, 0.25) is 0 Å². The second-order valence-corrected chi connectivity index (χ2v) is 3.15.